The second kappa shape index (κ2) is 7.94. The second-order valence-corrected chi connectivity index (χ2v) is 7.34. The number of pyridine rings is 1. The van der Waals surface area contributed by atoms with Gasteiger partial charge < -0.3 is 9.67 Å². The van der Waals surface area contributed by atoms with Crippen LogP contribution >= 0.6 is 0 Å². The number of aryl methyl sites for hydroxylation is 1. The summed E-state index contributed by atoms with van der Waals surface area (Å²) in [6, 6.07) is 12.4. The van der Waals surface area contributed by atoms with Crippen LogP contribution in [0.25, 0.3) is 11.4 Å². The molecule has 28 heavy (non-hydrogen) atoms. The molecule has 0 amide bonds. The van der Waals surface area contributed by atoms with E-state index < -0.39 is 5.97 Å². The highest BCUT2D eigenvalue weighted by molar-refractivity contribution is 5.88. The SMILES string of the molecule is Cc1ccc([C@H]2CCCN2CCn2cnc(-c3cc(C(=O)O)ccn3)c2)cc1. The third-order valence-corrected chi connectivity index (χ3v) is 5.37. The molecule has 1 saturated heterocycles. The van der Waals surface area contributed by atoms with Crippen LogP contribution in [0, 0.1) is 6.92 Å². The maximum Gasteiger partial charge on any atom is 0.335 e. The number of carbonyl (C=O) groups is 1. The Kier molecular flexibility index (Phi) is 5.21. The normalized spacial score (nSPS) is 17.1. The summed E-state index contributed by atoms with van der Waals surface area (Å²) < 4.78 is 2.05. The van der Waals surface area contributed by atoms with Crippen molar-refractivity contribution in [3.05, 3.63) is 71.8 Å². The first-order valence-electron chi connectivity index (χ1n) is 9.62. The van der Waals surface area contributed by atoms with E-state index in [4.69, 9.17) is 5.11 Å². The minimum Gasteiger partial charge on any atom is -0.478 e. The van der Waals surface area contributed by atoms with Gasteiger partial charge in [-0.2, -0.15) is 0 Å². The van der Waals surface area contributed by atoms with Gasteiger partial charge >= 0.3 is 5.97 Å². The largest absolute Gasteiger partial charge is 0.478 e. The summed E-state index contributed by atoms with van der Waals surface area (Å²) in [5.74, 6) is -0.959. The third-order valence-electron chi connectivity index (χ3n) is 5.37. The molecule has 1 N–H and O–H groups in total. The topological polar surface area (TPSA) is 71.2 Å². The molecule has 3 heterocycles. The molecular formula is C22H24N4O2. The predicted molar refractivity (Wildman–Crippen MR) is 107 cm³/mol. The number of carboxylic acids is 1. The molecule has 0 spiro atoms. The molecule has 1 fully saturated rings. The Balaban J connectivity index is 1.42. The first-order chi connectivity index (χ1) is 13.6. The number of aromatic carboxylic acids is 1. The predicted octanol–water partition coefficient (Wildman–Crippen LogP) is 3.79. The highest BCUT2D eigenvalue weighted by Crippen LogP contribution is 2.31. The Morgan fingerprint density at radius 2 is 1.96 bits per heavy atom. The molecule has 2 aromatic heterocycles. The van der Waals surface area contributed by atoms with E-state index >= 15 is 0 Å². The highest BCUT2D eigenvalue weighted by atomic mass is 16.4. The molecule has 0 unspecified atom stereocenters. The van der Waals surface area contributed by atoms with Crippen LogP contribution in [0.2, 0.25) is 0 Å². The number of nitrogens with zero attached hydrogens (tertiary/aromatic N) is 4. The zero-order valence-corrected chi connectivity index (χ0v) is 16.0. The van der Waals surface area contributed by atoms with Crippen LogP contribution in [0.5, 0.6) is 0 Å². The van der Waals surface area contributed by atoms with Gasteiger partial charge in [0.15, 0.2) is 0 Å². The Morgan fingerprint density at radius 3 is 2.75 bits per heavy atom. The number of hydrogen-bond donors (Lipinski definition) is 1. The molecule has 0 radical (unpaired) electrons. The molecule has 0 saturated carbocycles. The van der Waals surface area contributed by atoms with Gasteiger partial charge in [-0.25, -0.2) is 9.78 Å². The summed E-state index contributed by atoms with van der Waals surface area (Å²) in [7, 11) is 0. The van der Waals surface area contributed by atoms with Gasteiger partial charge in [0.25, 0.3) is 0 Å². The van der Waals surface area contributed by atoms with Gasteiger partial charge in [0.2, 0.25) is 0 Å². The lowest BCUT2D eigenvalue weighted by Crippen LogP contribution is -2.27. The highest BCUT2D eigenvalue weighted by Gasteiger charge is 2.25. The van der Waals surface area contributed by atoms with E-state index in [-0.39, 0.29) is 5.56 Å². The fraction of sp³-hybridized carbons (Fsp3) is 0.318. The van der Waals surface area contributed by atoms with E-state index in [1.54, 1.807) is 12.4 Å². The number of likely N-dealkylation sites (tertiary alicyclic amines) is 1. The van der Waals surface area contributed by atoms with Gasteiger partial charge in [-0.1, -0.05) is 29.8 Å². The molecule has 4 rings (SSSR count). The molecule has 1 aliphatic heterocycles. The Morgan fingerprint density at radius 1 is 1.14 bits per heavy atom. The molecule has 0 aliphatic carbocycles. The smallest absolute Gasteiger partial charge is 0.335 e. The van der Waals surface area contributed by atoms with Crippen molar-refractivity contribution in [3.63, 3.8) is 0 Å². The van der Waals surface area contributed by atoms with Crippen LogP contribution in [0.1, 0.15) is 40.4 Å². The number of carboxylic acid groups (broad SMARTS) is 1. The summed E-state index contributed by atoms with van der Waals surface area (Å²) in [6.07, 6.45) is 7.66. The first-order valence-corrected chi connectivity index (χ1v) is 9.62. The van der Waals surface area contributed by atoms with E-state index in [1.165, 1.54) is 36.2 Å². The zero-order chi connectivity index (χ0) is 19.5. The fourth-order valence-electron chi connectivity index (χ4n) is 3.82. The summed E-state index contributed by atoms with van der Waals surface area (Å²) in [4.78, 5) is 22.3. The summed E-state index contributed by atoms with van der Waals surface area (Å²) in [5.41, 5.74) is 4.18. The lowest BCUT2D eigenvalue weighted by Gasteiger charge is -2.25. The van der Waals surface area contributed by atoms with Gasteiger partial charge in [0.1, 0.15) is 5.69 Å². The summed E-state index contributed by atoms with van der Waals surface area (Å²) >= 11 is 0. The van der Waals surface area contributed by atoms with Crippen molar-refractivity contribution >= 4 is 5.97 Å². The average Bonchev–Trinajstić information content (AvgIpc) is 3.36. The molecule has 1 aliphatic rings. The van der Waals surface area contributed by atoms with E-state index in [2.05, 4.69) is 50.6 Å². The lowest BCUT2D eigenvalue weighted by molar-refractivity contribution is 0.0697. The van der Waals surface area contributed by atoms with E-state index in [1.807, 2.05) is 6.20 Å². The Labute approximate surface area is 164 Å². The molecule has 3 aromatic rings. The molecule has 1 aromatic carbocycles. The Bertz CT molecular complexity index is 965. The fourth-order valence-corrected chi connectivity index (χ4v) is 3.82. The van der Waals surface area contributed by atoms with Crippen LogP contribution in [0.15, 0.2) is 55.1 Å². The number of rotatable bonds is 6. The molecule has 1 atom stereocenters. The minimum atomic E-state index is -0.959. The minimum absolute atomic E-state index is 0.220. The molecule has 0 bridgehead atoms. The maximum absolute atomic E-state index is 11.1. The molecule has 6 heteroatoms. The third kappa shape index (κ3) is 3.97. The van der Waals surface area contributed by atoms with E-state index in [9.17, 15) is 4.79 Å². The molecule has 144 valence electrons. The summed E-state index contributed by atoms with van der Waals surface area (Å²) in [6.45, 7) is 5.03. The van der Waals surface area contributed by atoms with Crippen LogP contribution in [-0.4, -0.2) is 43.6 Å². The van der Waals surface area contributed by atoms with Crippen molar-refractivity contribution in [1.29, 1.82) is 0 Å². The van der Waals surface area contributed by atoms with Crippen LogP contribution < -0.4 is 0 Å². The van der Waals surface area contributed by atoms with E-state index in [0.717, 1.165) is 19.6 Å². The average molecular weight is 376 g/mol. The van der Waals surface area contributed by atoms with Crippen molar-refractivity contribution in [2.45, 2.75) is 32.4 Å². The van der Waals surface area contributed by atoms with Crippen LogP contribution in [0.4, 0.5) is 0 Å². The molecular weight excluding hydrogens is 352 g/mol. The standard InChI is InChI=1S/C22H24N4O2/c1-16-4-6-17(7-5-16)21-3-2-10-26(21)12-11-25-14-20(24-15-25)19-13-18(22(27)28)8-9-23-19/h4-9,13-15,21H,2-3,10-12H2,1H3,(H,27,28)/t21-/m1/s1. The van der Waals surface area contributed by atoms with Crippen LogP contribution in [0.3, 0.4) is 0 Å². The zero-order valence-electron chi connectivity index (χ0n) is 16.0. The number of imidazole rings is 1. The number of hydrogen-bond acceptors (Lipinski definition) is 4. The first kappa shape index (κ1) is 18.4. The second-order valence-electron chi connectivity index (χ2n) is 7.34. The van der Waals surface area contributed by atoms with Crippen molar-refractivity contribution in [2.24, 2.45) is 0 Å². The monoisotopic (exact) mass is 376 g/mol. The molecule has 6 nitrogen and oxygen atoms in total. The van der Waals surface area contributed by atoms with Crippen molar-refractivity contribution in [3.8, 4) is 11.4 Å². The number of aromatic nitrogens is 3. The van der Waals surface area contributed by atoms with Crippen molar-refractivity contribution in [1.82, 2.24) is 19.4 Å². The van der Waals surface area contributed by atoms with Gasteiger partial charge in [-0.05, 0) is 44.0 Å². The Hall–Kier alpha value is -2.99. The maximum atomic E-state index is 11.1. The van der Waals surface area contributed by atoms with Gasteiger partial charge in [0.05, 0.1) is 17.6 Å². The van der Waals surface area contributed by atoms with Crippen molar-refractivity contribution in [2.75, 3.05) is 13.1 Å². The van der Waals surface area contributed by atoms with Crippen molar-refractivity contribution < 1.29 is 9.90 Å². The van der Waals surface area contributed by atoms with Gasteiger partial charge in [-0.3, -0.25) is 9.88 Å². The lowest BCUT2D eigenvalue weighted by atomic mass is 10.0. The van der Waals surface area contributed by atoms with Crippen LogP contribution in [-0.2, 0) is 6.54 Å². The van der Waals surface area contributed by atoms with E-state index in [0.29, 0.717) is 17.4 Å². The summed E-state index contributed by atoms with van der Waals surface area (Å²) in [5, 5.41) is 9.14. The van der Waals surface area contributed by atoms with Gasteiger partial charge in [-0.15, -0.1) is 0 Å². The quantitative estimate of drug-likeness (QED) is 0.709. The number of benzene rings is 1. The van der Waals surface area contributed by atoms with Gasteiger partial charge in [0, 0.05) is 31.5 Å².